The third kappa shape index (κ3) is 8.04. The average molecular weight is 349 g/mol. The molecule has 0 aliphatic carbocycles. The zero-order valence-corrected chi connectivity index (χ0v) is 16.8. The van der Waals surface area contributed by atoms with Crippen molar-refractivity contribution in [3.8, 4) is 0 Å². The van der Waals surface area contributed by atoms with E-state index in [0.717, 1.165) is 0 Å². The quantitative estimate of drug-likeness (QED) is 0.268. The van der Waals surface area contributed by atoms with Crippen molar-refractivity contribution in [1.29, 1.82) is 0 Å². The number of unbranched alkanes of at least 4 members (excludes halogenated alkanes) is 6. The standard InChI is InChI=1S/C26H36/c1-3-5-7-9-11-23-13-17-25(18-14-23)21-22-26-19-15-24(16-20-26)12-10-8-6-4-2/h13-22H,3-12H2,1-2H3/b22-21+. The summed E-state index contributed by atoms with van der Waals surface area (Å²) >= 11 is 0. The smallest absolute Gasteiger partial charge is 0.0256 e. The van der Waals surface area contributed by atoms with Gasteiger partial charge in [0.15, 0.2) is 0 Å². The minimum Gasteiger partial charge on any atom is -0.0654 e. The van der Waals surface area contributed by atoms with Gasteiger partial charge in [0.1, 0.15) is 0 Å². The zero-order chi connectivity index (χ0) is 18.5. The van der Waals surface area contributed by atoms with Crippen molar-refractivity contribution in [3.63, 3.8) is 0 Å². The summed E-state index contributed by atoms with van der Waals surface area (Å²) in [6.07, 6.45) is 17.5. The summed E-state index contributed by atoms with van der Waals surface area (Å²) in [6, 6.07) is 18.1. The first-order valence-corrected chi connectivity index (χ1v) is 10.7. The van der Waals surface area contributed by atoms with E-state index in [1.165, 1.54) is 86.5 Å². The lowest BCUT2D eigenvalue weighted by atomic mass is 10.0. The van der Waals surface area contributed by atoms with Gasteiger partial charge in [-0.25, -0.2) is 0 Å². The highest BCUT2D eigenvalue weighted by atomic mass is 14.0. The Labute approximate surface area is 161 Å². The van der Waals surface area contributed by atoms with Crippen molar-refractivity contribution in [2.24, 2.45) is 0 Å². The van der Waals surface area contributed by atoms with Gasteiger partial charge in [0.2, 0.25) is 0 Å². The topological polar surface area (TPSA) is 0 Å². The lowest BCUT2D eigenvalue weighted by molar-refractivity contribution is 0.667. The Morgan fingerprint density at radius 3 is 1.23 bits per heavy atom. The molecule has 0 N–H and O–H groups in total. The summed E-state index contributed by atoms with van der Waals surface area (Å²) in [7, 11) is 0. The van der Waals surface area contributed by atoms with Gasteiger partial charge in [-0.3, -0.25) is 0 Å². The molecule has 0 aromatic heterocycles. The molecule has 0 heterocycles. The van der Waals surface area contributed by atoms with Gasteiger partial charge in [-0.15, -0.1) is 0 Å². The summed E-state index contributed by atoms with van der Waals surface area (Å²) in [5.41, 5.74) is 5.49. The second-order valence-corrected chi connectivity index (χ2v) is 7.44. The van der Waals surface area contributed by atoms with Gasteiger partial charge >= 0.3 is 0 Å². The van der Waals surface area contributed by atoms with E-state index in [9.17, 15) is 0 Å². The Kier molecular flexibility index (Phi) is 9.87. The van der Waals surface area contributed by atoms with Gasteiger partial charge in [0.05, 0.1) is 0 Å². The largest absolute Gasteiger partial charge is 0.0654 e. The molecule has 0 nitrogen and oxygen atoms in total. The van der Waals surface area contributed by atoms with Crippen molar-refractivity contribution in [1.82, 2.24) is 0 Å². The first kappa shape index (κ1) is 20.5. The highest BCUT2D eigenvalue weighted by molar-refractivity contribution is 5.69. The summed E-state index contributed by atoms with van der Waals surface area (Å²) in [5.74, 6) is 0. The molecule has 0 aliphatic rings. The van der Waals surface area contributed by atoms with Crippen LogP contribution >= 0.6 is 0 Å². The van der Waals surface area contributed by atoms with Gasteiger partial charge in [-0.05, 0) is 47.9 Å². The van der Waals surface area contributed by atoms with Crippen LogP contribution in [0.5, 0.6) is 0 Å². The van der Waals surface area contributed by atoms with Gasteiger partial charge in [-0.2, -0.15) is 0 Å². The molecule has 0 fully saturated rings. The van der Waals surface area contributed by atoms with E-state index in [4.69, 9.17) is 0 Å². The highest BCUT2D eigenvalue weighted by Gasteiger charge is 1.96. The number of hydrogen-bond acceptors (Lipinski definition) is 0. The summed E-state index contributed by atoms with van der Waals surface area (Å²) in [5, 5.41) is 0. The molecule has 140 valence electrons. The summed E-state index contributed by atoms with van der Waals surface area (Å²) in [6.45, 7) is 4.53. The van der Waals surface area contributed by atoms with Crippen LogP contribution < -0.4 is 0 Å². The number of hydrogen-bond donors (Lipinski definition) is 0. The maximum Gasteiger partial charge on any atom is -0.0256 e. The first-order valence-electron chi connectivity index (χ1n) is 10.7. The van der Waals surface area contributed by atoms with Crippen LogP contribution in [0, 0.1) is 0 Å². The van der Waals surface area contributed by atoms with E-state index in [2.05, 4.69) is 74.5 Å². The molecule has 26 heavy (non-hydrogen) atoms. The molecule has 0 radical (unpaired) electrons. The van der Waals surface area contributed by atoms with Gasteiger partial charge < -0.3 is 0 Å². The van der Waals surface area contributed by atoms with Crippen molar-refractivity contribution in [2.45, 2.75) is 78.1 Å². The van der Waals surface area contributed by atoms with Crippen LogP contribution in [0.3, 0.4) is 0 Å². The molecule has 0 saturated heterocycles. The molecule has 0 bridgehead atoms. The fraction of sp³-hybridized carbons (Fsp3) is 0.462. The Morgan fingerprint density at radius 1 is 0.500 bits per heavy atom. The van der Waals surface area contributed by atoms with Crippen molar-refractivity contribution >= 4 is 12.2 Å². The van der Waals surface area contributed by atoms with Gasteiger partial charge in [-0.1, -0.05) is 113 Å². The minimum absolute atomic E-state index is 1.21. The van der Waals surface area contributed by atoms with Crippen LogP contribution in [0.1, 0.15) is 87.5 Å². The Bertz CT molecular complexity index is 559. The van der Waals surface area contributed by atoms with Crippen LogP contribution in [0.2, 0.25) is 0 Å². The fourth-order valence-electron chi connectivity index (χ4n) is 3.30. The zero-order valence-electron chi connectivity index (χ0n) is 16.8. The lowest BCUT2D eigenvalue weighted by Gasteiger charge is -2.03. The van der Waals surface area contributed by atoms with E-state index < -0.39 is 0 Å². The third-order valence-electron chi connectivity index (χ3n) is 5.07. The molecule has 0 atom stereocenters. The monoisotopic (exact) mass is 348 g/mol. The highest BCUT2D eigenvalue weighted by Crippen LogP contribution is 2.14. The Balaban J connectivity index is 1.79. The molecule has 2 aromatic carbocycles. The Morgan fingerprint density at radius 2 is 0.885 bits per heavy atom. The van der Waals surface area contributed by atoms with Crippen LogP contribution in [-0.4, -0.2) is 0 Å². The Hall–Kier alpha value is -1.82. The summed E-state index contributed by atoms with van der Waals surface area (Å²) < 4.78 is 0. The minimum atomic E-state index is 1.21. The van der Waals surface area contributed by atoms with Crippen LogP contribution in [-0.2, 0) is 12.8 Å². The average Bonchev–Trinajstić information content (AvgIpc) is 2.69. The predicted molar refractivity (Wildman–Crippen MR) is 118 cm³/mol. The molecule has 0 amide bonds. The first-order chi connectivity index (χ1) is 12.8. The van der Waals surface area contributed by atoms with Gasteiger partial charge in [0, 0.05) is 0 Å². The van der Waals surface area contributed by atoms with Crippen molar-refractivity contribution in [2.75, 3.05) is 0 Å². The molecule has 0 unspecified atom stereocenters. The fourth-order valence-corrected chi connectivity index (χ4v) is 3.30. The maximum absolute atomic E-state index is 2.28. The van der Waals surface area contributed by atoms with Crippen LogP contribution in [0.15, 0.2) is 48.5 Å². The second kappa shape index (κ2) is 12.5. The summed E-state index contributed by atoms with van der Waals surface area (Å²) in [4.78, 5) is 0. The number of benzene rings is 2. The van der Waals surface area contributed by atoms with E-state index in [0.29, 0.717) is 0 Å². The predicted octanol–water partition coefficient (Wildman–Crippen LogP) is 8.10. The molecule has 2 rings (SSSR count). The third-order valence-corrected chi connectivity index (χ3v) is 5.07. The van der Waals surface area contributed by atoms with Crippen LogP contribution in [0.25, 0.3) is 12.2 Å². The number of rotatable bonds is 12. The normalized spacial score (nSPS) is 11.3. The molecular formula is C26H36. The molecule has 2 aromatic rings. The lowest BCUT2D eigenvalue weighted by Crippen LogP contribution is -1.86. The maximum atomic E-state index is 2.28. The molecular weight excluding hydrogens is 312 g/mol. The second-order valence-electron chi connectivity index (χ2n) is 7.44. The van der Waals surface area contributed by atoms with Crippen molar-refractivity contribution < 1.29 is 0 Å². The van der Waals surface area contributed by atoms with E-state index in [1.807, 2.05) is 0 Å². The van der Waals surface area contributed by atoms with Crippen LogP contribution in [0.4, 0.5) is 0 Å². The van der Waals surface area contributed by atoms with Crippen molar-refractivity contribution in [3.05, 3.63) is 70.8 Å². The molecule has 0 aliphatic heterocycles. The van der Waals surface area contributed by atoms with Gasteiger partial charge in [0.25, 0.3) is 0 Å². The van der Waals surface area contributed by atoms with E-state index >= 15 is 0 Å². The SMILES string of the molecule is CCCCCCc1ccc(/C=C/c2ccc(CCCCCC)cc2)cc1. The molecule has 0 saturated carbocycles. The molecule has 0 heteroatoms. The number of aryl methyl sites for hydroxylation is 2. The van der Waals surface area contributed by atoms with E-state index in [-0.39, 0.29) is 0 Å². The molecule has 0 spiro atoms. The van der Waals surface area contributed by atoms with E-state index in [1.54, 1.807) is 0 Å².